The van der Waals surface area contributed by atoms with Crippen molar-refractivity contribution in [3.8, 4) is 0 Å². The molecule has 6 nitrogen and oxygen atoms in total. The van der Waals surface area contributed by atoms with E-state index in [1.54, 1.807) is 29.2 Å². The first-order valence-corrected chi connectivity index (χ1v) is 8.90. The van der Waals surface area contributed by atoms with Gasteiger partial charge in [-0.2, -0.15) is 0 Å². The van der Waals surface area contributed by atoms with E-state index < -0.39 is 0 Å². The third kappa shape index (κ3) is 5.05. The van der Waals surface area contributed by atoms with Crippen molar-refractivity contribution in [1.29, 1.82) is 0 Å². The lowest BCUT2D eigenvalue weighted by Crippen LogP contribution is -2.45. The molecule has 0 bridgehead atoms. The van der Waals surface area contributed by atoms with Crippen molar-refractivity contribution in [3.05, 3.63) is 29.8 Å². The molecule has 2 rings (SSSR count). The van der Waals surface area contributed by atoms with E-state index in [0.717, 1.165) is 12.8 Å². The van der Waals surface area contributed by atoms with Crippen LogP contribution in [0.4, 0.5) is 5.69 Å². The molecule has 0 aliphatic carbocycles. The molecule has 6 heteroatoms. The van der Waals surface area contributed by atoms with Gasteiger partial charge in [0, 0.05) is 36.8 Å². The number of amides is 3. The standard InChI is InChI=1S/C19H27N3O3/c1-4-20-18(24)15-6-5-11-22(12-15)19(25)14-7-9-16(10-8-14)21-17(23)13(2)3/h7-10,13,15H,4-6,11-12H2,1-3H3,(H,20,24)(H,21,23)/t15-/m1/s1. The van der Waals surface area contributed by atoms with Crippen LogP contribution < -0.4 is 10.6 Å². The number of hydrogen-bond donors (Lipinski definition) is 2. The van der Waals surface area contributed by atoms with E-state index in [1.807, 2.05) is 20.8 Å². The quantitative estimate of drug-likeness (QED) is 0.859. The average molecular weight is 345 g/mol. The molecule has 0 spiro atoms. The van der Waals surface area contributed by atoms with E-state index in [4.69, 9.17) is 0 Å². The molecule has 1 atom stereocenters. The van der Waals surface area contributed by atoms with Crippen LogP contribution in [0.2, 0.25) is 0 Å². The van der Waals surface area contributed by atoms with Crippen molar-refractivity contribution in [3.63, 3.8) is 0 Å². The Morgan fingerprint density at radius 3 is 2.48 bits per heavy atom. The lowest BCUT2D eigenvalue weighted by atomic mass is 9.96. The van der Waals surface area contributed by atoms with Gasteiger partial charge in [-0.1, -0.05) is 13.8 Å². The van der Waals surface area contributed by atoms with Crippen LogP contribution in [0, 0.1) is 11.8 Å². The van der Waals surface area contributed by atoms with Gasteiger partial charge >= 0.3 is 0 Å². The fraction of sp³-hybridized carbons (Fsp3) is 0.526. The summed E-state index contributed by atoms with van der Waals surface area (Å²) < 4.78 is 0. The molecule has 0 saturated carbocycles. The number of benzene rings is 1. The lowest BCUT2D eigenvalue weighted by Gasteiger charge is -2.32. The minimum Gasteiger partial charge on any atom is -0.356 e. The second kappa shape index (κ2) is 8.65. The second-order valence-corrected chi connectivity index (χ2v) is 6.71. The van der Waals surface area contributed by atoms with E-state index in [1.165, 1.54) is 0 Å². The highest BCUT2D eigenvalue weighted by molar-refractivity contribution is 5.96. The minimum absolute atomic E-state index is 0.0201. The number of carbonyl (C=O) groups excluding carboxylic acids is 3. The number of rotatable bonds is 5. The van der Waals surface area contributed by atoms with Crippen LogP contribution in [-0.2, 0) is 9.59 Å². The second-order valence-electron chi connectivity index (χ2n) is 6.71. The third-order valence-corrected chi connectivity index (χ3v) is 4.35. The summed E-state index contributed by atoms with van der Waals surface area (Å²) in [5.41, 5.74) is 1.24. The summed E-state index contributed by atoms with van der Waals surface area (Å²) in [5.74, 6) is -0.342. The van der Waals surface area contributed by atoms with Crippen molar-refractivity contribution in [1.82, 2.24) is 10.2 Å². The Morgan fingerprint density at radius 1 is 1.20 bits per heavy atom. The maximum atomic E-state index is 12.7. The molecule has 2 N–H and O–H groups in total. The molecule has 3 amide bonds. The van der Waals surface area contributed by atoms with Crippen molar-refractivity contribution >= 4 is 23.4 Å². The Hall–Kier alpha value is -2.37. The predicted molar refractivity (Wildman–Crippen MR) is 97.2 cm³/mol. The zero-order valence-corrected chi connectivity index (χ0v) is 15.2. The van der Waals surface area contributed by atoms with Crippen LogP contribution in [-0.4, -0.2) is 42.3 Å². The van der Waals surface area contributed by atoms with Gasteiger partial charge in [0.05, 0.1) is 5.92 Å². The first kappa shape index (κ1) is 19.0. The number of hydrogen-bond acceptors (Lipinski definition) is 3. The van der Waals surface area contributed by atoms with Gasteiger partial charge in [0.25, 0.3) is 5.91 Å². The van der Waals surface area contributed by atoms with Crippen LogP contribution in [0.15, 0.2) is 24.3 Å². The highest BCUT2D eigenvalue weighted by Gasteiger charge is 2.28. The van der Waals surface area contributed by atoms with Gasteiger partial charge in [-0.15, -0.1) is 0 Å². The van der Waals surface area contributed by atoms with Gasteiger partial charge in [-0.05, 0) is 44.0 Å². The van der Waals surface area contributed by atoms with E-state index in [0.29, 0.717) is 30.9 Å². The molecule has 1 aliphatic heterocycles. The molecule has 25 heavy (non-hydrogen) atoms. The number of nitrogens with one attached hydrogen (secondary N) is 2. The number of nitrogens with zero attached hydrogens (tertiary/aromatic N) is 1. The van der Waals surface area contributed by atoms with Crippen molar-refractivity contribution in [2.24, 2.45) is 11.8 Å². The van der Waals surface area contributed by atoms with Crippen LogP contribution >= 0.6 is 0 Å². The Bertz CT molecular complexity index is 625. The average Bonchev–Trinajstić information content (AvgIpc) is 2.62. The van der Waals surface area contributed by atoms with Gasteiger partial charge in [0.2, 0.25) is 11.8 Å². The maximum absolute atomic E-state index is 12.7. The molecule has 1 fully saturated rings. The molecule has 1 aromatic carbocycles. The normalized spacial score (nSPS) is 17.3. The molecule has 1 aromatic rings. The maximum Gasteiger partial charge on any atom is 0.253 e. The summed E-state index contributed by atoms with van der Waals surface area (Å²) in [4.78, 5) is 38.1. The summed E-state index contributed by atoms with van der Waals surface area (Å²) in [6.45, 7) is 7.27. The molecular formula is C19H27N3O3. The molecule has 0 radical (unpaired) electrons. The van der Waals surface area contributed by atoms with Crippen molar-refractivity contribution in [2.45, 2.75) is 33.6 Å². The van der Waals surface area contributed by atoms with E-state index in [-0.39, 0.29) is 29.6 Å². The lowest BCUT2D eigenvalue weighted by molar-refractivity contribution is -0.126. The highest BCUT2D eigenvalue weighted by atomic mass is 16.2. The molecule has 0 aromatic heterocycles. The van der Waals surface area contributed by atoms with Gasteiger partial charge < -0.3 is 15.5 Å². The Morgan fingerprint density at radius 2 is 1.88 bits per heavy atom. The number of piperidine rings is 1. The molecule has 1 saturated heterocycles. The van der Waals surface area contributed by atoms with Crippen LogP contribution in [0.25, 0.3) is 0 Å². The van der Waals surface area contributed by atoms with Gasteiger partial charge in [-0.3, -0.25) is 14.4 Å². The summed E-state index contributed by atoms with van der Waals surface area (Å²) in [7, 11) is 0. The smallest absolute Gasteiger partial charge is 0.253 e. The molecule has 0 unspecified atom stereocenters. The van der Waals surface area contributed by atoms with E-state index >= 15 is 0 Å². The highest BCUT2D eigenvalue weighted by Crippen LogP contribution is 2.20. The zero-order valence-electron chi connectivity index (χ0n) is 15.2. The van der Waals surface area contributed by atoms with Gasteiger partial charge in [0.1, 0.15) is 0 Å². The number of carbonyl (C=O) groups is 3. The third-order valence-electron chi connectivity index (χ3n) is 4.35. The summed E-state index contributed by atoms with van der Waals surface area (Å²) in [5, 5.41) is 5.64. The van der Waals surface area contributed by atoms with Gasteiger partial charge in [-0.25, -0.2) is 0 Å². The Kier molecular flexibility index (Phi) is 6.56. The summed E-state index contributed by atoms with van der Waals surface area (Å²) in [6.07, 6.45) is 1.64. The van der Waals surface area contributed by atoms with Crippen LogP contribution in [0.1, 0.15) is 44.0 Å². The summed E-state index contributed by atoms with van der Waals surface area (Å²) >= 11 is 0. The predicted octanol–water partition coefficient (Wildman–Crippen LogP) is 2.27. The first-order valence-electron chi connectivity index (χ1n) is 8.90. The molecule has 1 aliphatic rings. The summed E-state index contributed by atoms with van der Waals surface area (Å²) in [6, 6.07) is 6.90. The topological polar surface area (TPSA) is 78.5 Å². The Labute approximate surface area is 149 Å². The van der Waals surface area contributed by atoms with Crippen molar-refractivity contribution < 1.29 is 14.4 Å². The molecule has 1 heterocycles. The molecular weight excluding hydrogens is 318 g/mol. The molecule has 136 valence electrons. The van der Waals surface area contributed by atoms with Gasteiger partial charge in [0.15, 0.2) is 0 Å². The fourth-order valence-corrected chi connectivity index (χ4v) is 2.86. The SMILES string of the molecule is CCNC(=O)[C@@H]1CCCN(C(=O)c2ccc(NC(=O)C(C)C)cc2)C1. The van der Waals surface area contributed by atoms with Crippen LogP contribution in [0.5, 0.6) is 0 Å². The minimum atomic E-state index is -0.137. The zero-order chi connectivity index (χ0) is 18.4. The number of likely N-dealkylation sites (tertiary alicyclic amines) is 1. The Balaban J connectivity index is 2.00. The first-order chi connectivity index (χ1) is 11.9. The fourth-order valence-electron chi connectivity index (χ4n) is 2.86. The largest absolute Gasteiger partial charge is 0.356 e. The van der Waals surface area contributed by atoms with E-state index in [2.05, 4.69) is 10.6 Å². The van der Waals surface area contributed by atoms with Crippen molar-refractivity contribution in [2.75, 3.05) is 25.0 Å². The number of anilines is 1. The van der Waals surface area contributed by atoms with E-state index in [9.17, 15) is 14.4 Å². The van der Waals surface area contributed by atoms with Crippen LogP contribution in [0.3, 0.4) is 0 Å². The monoisotopic (exact) mass is 345 g/mol.